The molecule has 0 fully saturated rings. The van der Waals surface area contributed by atoms with E-state index in [1.807, 2.05) is 73.8 Å². The number of carbonyl (C=O) groups excluding carboxylic acids is 2. The number of nitrogens with zero attached hydrogens (tertiary/aromatic N) is 2. The average Bonchev–Trinajstić information content (AvgIpc) is 3.40. The highest BCUT2D eigenvalue weighted by Crippen LogP contribution is 2.32. The zero-order chi connectivity index (χ0) is 25.5. The van der Waals surface area contributed by atoms with Crippen molar-refractivity contribution in [1.82, 2.24) is 10.3 Å². The lowest BCUT2D eigenvalue weighted by Gasteiger charge is -2.32. The second-order valence-corrected chi connectivity index (χ2v) is 9.59. The first-order valence-corrected chi connectivity index (χ1v) is 12.6. The van der Waals surface area contributed by atoms with Gasteiger partial charge in [-0.2, -0.15) is 0 Å². The third kappa shape index (κ3) is 5.98. The molecule has 0 radical (unpaired) electrons. The first-order chi connectivity index (χ1) is 17.5. The van der Waals surface area contributed by atoms with E-state index in [1.54, 1.807) is 36.5 Å². The van der Waals surface area contributed by atoms with E-state index in [0.29, 0.717) is 17.8 Å². The number of methoxy groups -OCH3 is 1. The van der Waals surface area contributed by atoms with Gasteiger partial charge in [0.25, 0.3) is 0 Å². The summed E-state index contributed by atoms with van der Waals surface area (Å²) in [6.07, 6.45) is 3.49. The highest BCUT2D eigenvalue weighted by molar-refractivity contribution is 7.10. The minimum absolute atomic E-state index is 0.147. The topological polar surface area (TPSA) is 71.5 Å². The van der Waals surface area contributed by atoms with E-state index in [1.165, 1.54) is 11.3 Å². The van der Waals surface area contributed by atoms with Gasteiger partial charge in [-0.15, -0.1) is 11.3 Å². The van der Waals surface area contributed by atoms with Crippen LogP contribution >= 0.6 is 11.3 Å². The first-order valence-electron chi connectivity index (χ1n) is 11.7. The third-order valence-electron chi connectivity index (χ3n) is 5.94. The van der Waals surface area contributed by atoms with Crippen molar-refractivity contribution in [3.8, 4) is 5.75 Å². The van der Waals surface area contributed by atoms with Gasteiger partial charge in [-0.3, -0.25) is 19.5 Å². The second kappa shape index (κ2) is 11.6. The van der Waals surface area contributed by atoms with Gasteiger partial charge in [0.15, 0.2) is 0 Å². The molecule has 2 aromatic carbocycles. The molecule has 0 aliphatic heterocycles. The van der Waals surface area contributed by atoms with Crippen LogP contribution < -0.4 is 15.0 Å². The molecule has 2 aromatic heterocycles. The quantitative estimate of drug-likeness (QED) is 0.335. The van der Waals surface area contributed by atoms with Gasteiger partial charge in [0.1, 0.15) is 11.8 Å². The van der Waals surface area contributed by atoms with Crippen molar-refractivity contribution in [2.45, 2.75) is 32.9 Å². The van der Waals surface area contributed by atoms with Gasteiger partial charge in [-0.05, 0) is 72.3 Å². The smallest absolute Gasteiger partial charge is 0.248 e. The summed E-state index contributed by atoms with van der Waals surface area (Å²) in [5.74, 6) is 0.335. The molecule has 6 nitrogen and oxygen atoms in total. The van der Waals surface area contributed by atoms with Crippen LogP contribution in [0.2, 0.25) is 0 Å². The second-order valence-electron chi connectivity index (χ2n) is 8.56. The molecule has 2 heterocycles. The van der Waals surface area contributed by atoms with Crippen molar-refractivity contribution in [2.24, 2.45) is 0 Å². The fourth-order valence-electron chi connectivity index (χ4n) is 4.13. The van der Waals surface area contributed by atoms with E-state index in [9.17, 15) is 9.59 Å². The van der Waals surface area contributed by atoms with Crippen LogP contribution in [0.5, 0.6) is 5.75 Å². The molecule has 0 saturated carbocycles. The molecule has 0 saturated heterocycles. The normalized spacial score (nSPS) is 11.5. The largest absolute Gasteiger partial charge is 0.497 e. The van der Waals surface area contributed by atoms with E-state index in [2.05, 4.69) is 10.3 Å². The summed E-state index contributed by atoms with van der Waals surface area (Å²) in [6, 6.07) is 20.0. The standard InChI is InChI=1S/C29H29N3O3S/c1-20-6-11-26(21(2)17-20)32(27(33)18-25-5-4-16-36-25)28(23-12-14-30-15-13-23)29(34)31-19-22-7-9-24(35-3)10-8-22/h4-17,28H,18-19H2,1-3H3,(H,31,34)/t28-/m0/s1. The van der Waals surface area contributed by atoms with Crippen LogP contribution in [0, 0.1) is 13.8 Å². The third-order valence-corrected chi connectivity index (χ3v) is 6.82. The molecule has 0 aliphatic carbocycles. The molecule has 184 valence electrons. The maximum Gasteiger partial charge on any atom is 0.248 e. The van der Waals surface area contributed by atoms with Crippen molar-refractivity contribution >= 4 is 28.8 Å². The number of carbonyl (C=O) groups is 2. The summed E-state index contributed by atoms with van der Waals surface area (Å²) in [4.78, 5) is 34.3. The maximum atomic E-state index is 13.8. The predicted molar refractivity (Wildman–Crippen MR) is 143 cm³/mol. The van der Waals surface area contributed by atoms with Gasteiger partial charge in [0.2, 0.25) is 11.8 Å². The van der Waals surface area contributed by atoms with Gasteiger partial charge < -0.3 is 10.1 Å². The van der Waals surface area contributed by atoms with E-state index >= 15 is 0 Å². The number of aromatic nitrogens is 1. The Balaban J connectivity index is 1.71. The van der Waals surface area contributed by atoms with E-state index in [4.69, 9.17) is 4.74 Å². The molecule has 4 aromatic rings. The minimum atomic E-state index is -0.861. The number of benzene rings is 2. The summed E-state index contributed by atoms with van der Waals surface area (Å²) in [5.41, 5.74) is 4.35. The monoisotopic (exact) mass is 499 g/mol. The van der Waals surface area contributed by atoms with Gasteiger partial charge in [-0.1, -0.05) is 35.9 Å². The molecule has 0 aliphatic rings. The molecule has 1 atom stereocenters. The van der Waals surface area contributed by atoms with Gasteiger partial charge in [0, 0.05) is 29.5 Å². The Kier molecular flexibility index (Phi) is 8.13. The molecule has 4 rings (SSSR count). The number of hydrogen-bond acceptors (Lipinski definition) is 5. The molecular formula is C29H29N3O3S. The van der Waals surface area contributed by atoms with Crippen LogP contribution in [0.1, 0.15) is 33.2 Å². The SMILES string of the molecule is COc1ccc(CNC(=O)[C@H](c2ccncc2)N(C(=O)Cc2cccs2)c2ccc(C)cc2C)cc1. The fourth-order valence-corrected chi connectivity index (χ4v) is 4.83. The van der Waals surface area contributed by atoms with E-state index < -0.39 is 6.04 Å². The fraction of sp³-hybridized carbons (Fsp3) is 0.207. The van der Waals surface area contributed by atoms with Crippen molar-refractivity contribution in [2.75, 3.05) is 12.0 Å². The lowest BCUT2D eigenvalue weighted by molar-refractivity contribution is -0.126. The van der Waals surface area contributed by atoms with Crippen LogP contribution in [0.15, 0.2) is 84.5 Å². The number of nitrogens with one attached hydrogen (secondary N) is 1. The minimum Gasteiger partial charge on any atom is -0.497 e. The van der Waals surface area contributed by atoms with Crippen LogP contribution in [0.3, 0.4) is 0 Å². The molecule has 36 heavy (non-hydrogen) atoms. The highest BCUT2D eigenvalue weighted by atomic mass is 32.1. The molecule has 2 amide bonds. The summed E-state index contributed by atoms with van der Waals surface area (Å²) < 4.78 is 5.22. The number of anilines is 1. The number of hydrogen-bond donors (Lipinski definition) is 1. The zero-order valence-corrected chi connectivity index (χ0v) is 21.4. The summed E-state index contributed by atoms with van der Waals surface area (Å²) in [6.45, 7) is 4.30. The van der Waals surface area contributed by atoms with Gasteiger partial charge in [-0.25, -0.2) is 0 Å². The Hall–Kier alpha value is -3.97. The maximum absolute atomic E-state index is 13.8. The van der Waals surface area contributed by atoms with Crippen LogP contribution in [-0.2, 0) is 22.6 Å². The number of pyridine rings is 1. The molecule has 0 bridgehead atoms. The Morgan fingerprint density at radius 3 is 2.42 bits per heavy atom. The summed E-state index contributed by atoms with van der Waals surface area (Å²) >= 11 is 1.53. The van der Waals surface area contributed by atoms with Crippen molar-refractivity contribution < 1.29 is 14.3 Å². The van der Waals surface area contributed by atoms with Gasteiger partial charge in [0.05, 0.1) is 13.5 Å². The molecule has 7 heteroatoms. The summed E-state index contributed by atoms with van der Waals surface area (Å²) in [7, 11) is 1.62. The Morgan fingerprint density at radius 2 is 1.78 bits per heavy atom. The predicted octanol–water partition coefficient (Wildman–Crippen LogP) is 5.40. The van der Waals surface area contributed by atoms with Crippen molar-refractivity contribution in [3.63, 3.8) is 0 Å². The molecule has 0 unspecified atom stereocenters. The van der Waals surface area contributed by atoms with Gasteiger partial charge >= 0.3 is 0 Å². The first kappa shape index (κ1) is 25.1. The van der Waals surface area contributed by atoms with Crippen LogP contribution in [-0.4, -0.2) is 23.9 Å². The van der Waals surface area contributed by atoms with Crippen molar-refractivity contribution in [3.05, 3.63) is 112 Å². The van der Waals surface area contributed by atoms with E-state index in [0.717, 1.165) is 27.3 Å². The van der Waals surface area contributed by atoms with Crippen LogP contribution in [0.25, 0.3) is 0 Å². The lowest BCUT2D eigenvalue weighted by Crippen LogP contribution is -2.44. The van der Waals surface area contributed by atoms with E-state index in [-0.39, 0.29) is 18.2 Å². The Labute approximate surface area is 215 Å². The highest BCUT2D eigenvalue weighted by Gasteiger charge is 2.33. The number of aryl methyl sites for hydroxylation is 2. The summed E-state index contributed by atoms with van der Waals surface area (Å²) in [5, 5.41) is 4.99. The average molecular weight is 500 g/mol. The molecular weight excluding hydrogens is 470 g/mol. The van der Waals surface area contributed by atoms with Crippen LogP contribution in [0.4, 0.5) is 5.69 Å². The number of ether oxygens (including phenoxy) is 1. The lowest BCUT2D eigenvalue weighted by atomic mass is 10.0. The number of thiophene rings is 1. The number of rotatable bonds is 9. The molecule has 1 N–H and O–H groups in total. The zero-order valence-electron chi connectivity index (χ0n) is 20.6. The Morgan fingerprint density at radius 1 is 1.03 bits per heavy atom. The Bertz CT molecular complexity index is 1310. The molecule has 0 spiro atoms. The number of amides is 2. The van der Waals surface area contributed by atoms with Crippen molar-refractivity contribution in [1.29, 1.82) is 0 Å².